The Kier molecular flexibility index (Phi) is 6.87. The highest BCUT2D eigenvalue weighted by molar-refractivity contribution is 7.12. The molecule has 2 aromatic carbocycles. The number of esters is 1. The number of hydrazone groups is 1. The summed E-state index contributed by atoms with van der Waals surface area (Å²) in [5, 5.41) is 7.60. The van der Waals surface area contributed by atoms with Gasteiger partial charge in [-0.25, -0.2) is 18.6 Å². The third-order valence-corrected chi connectivity index (χ3v) is 6.18. The van der Waals surface area contributed by atoms with Gasteiger partial charge in [0.05, 0.1) is 30.9 Å². The van der Waals surface area contributed by atoms with Gasteiger partial charge in [-0.05, 0) is 41.3 Å². The summed E-state index contributed by atoms with van der Waals surface area (Å²) in [5.74, 6) is -3.04. The summed E-state index contributed by atoms with van der Waals surface area (Å²) in [6.07, 6.45) is 0.414. The Morgan fingerprint density at radius 1 is 1.06 bits per heavy atom. The van der Waals surface area contributed by atoms with Crippen molar-refractivity contribution in [3.05, 3.63) is 81.5 Å². The Morgan fingerprint density at radius 2 is 1.79 bits per heavy atom. The molecule has 1 atom stereocenters. The number of amides is 1. The molecule has 0 fully saturated rings. The van der Waals surface area contributed by atoms with Crippen LogP contribution in [-0.4, -0.2) is 43.4 Å². The first-order chi connectivity index (χ1) is 16.4. The van der Waals surface area contributed by atoms with Crippen LogP contribution in [0.25, 0.3) is 0 Å². The Hall–Kier alpha value is -3.79. The molecule has 3 aromatic rings. The van der Waals surface area contributed by atoms with Gasteiger partial charge < -0.3 is 14.2 Å². The van der Waals surface area contributed by atoms with E-state index in [1.807, 2.05) is 17.5 Å². The lowest BCUT2D eigenvalue weighted by molar-refractivity contribution is -0.136. The number of halogens is 2. The molecule has 1 amide bonds. The van der Waals surface area contributed by atoms with Gasteiger partial charge in [0.25, 0.3) is 5.91 Å². The quantitative estimate of drug-likeness (QED) is 0.457. The highest BCUT2D eigenvalue weighted by Crippen LogP contribution is 2.37. The van der Waals surface area contributed by atoms with Gasteiger partial charge in [0, 0.05) is 6.42 Å². The van der Waals surface area contributed by atoms with E-state index >= 15 is 0 Å². The Labute approximate surface area is 198 Å². The van der Waals surface area contributed by atoms with Gasteiger partial charge in [0.1, 0.15) is 17.2 Å². The second-order valence-corrected chi connectivity index (χ2v) is 8.22. The predicted molar refractivity (Wildman–Crippen MR) is 121 cm³/mol. The first-order valence-electron chi connectivity index (χ1n) is 10.2. The molecule has 1 aliphatic rings. The van der Waals surface area contributed by atoms with Crippen molar-refractivity contribution in [3.63, 3.8) is 0 Å². The van der Waals surface area contributed by atoms with Crippen molar-refractivity contribution in [2.24, 2.45) is 5.10 Å². The van der Waals surface area contributed by atoms with Crippen LogP contribution in [0.1, 0.15) is 33.3 Å². The molecule has 0 aliphatic carbocycles. The molecule has 0 spiro atoms. The molecule has 1 aliphatic heterocycles. The number of benzene rings is 2. The van der Waals surface area contributed by atoms with Crippen LogP contribution in [0.5, 0.6) is 11.5 Å². The summed E-state index contributed by atoms with van der Waals surface area (Å²) in [6.45, 7) is -0.738. The molecule has 0 saturated carbocycles. The fourth-order valence-corrected chi connectivity index (χ4v) is 4.33. The molecule has 0 N–H and O–H groups in total. The van der Waals surface area contributed by atoms with E-state index in [9.17, 15) is 18.4 Å². The topological polar surface area (TPSA) is 77.4 Å². The summed E-state index contributed by atoms with van der Waals surface area (Å²) in [7, 11) is 3.03. The van der Waals surface area contributed by atoms with Gasteiger partial charge in [-0.15, -0.1) is 11.3 Å². The van der Waals surface area contributed by atoms with Gasteiger partial charge >= 0.3 is 5.97 Å². The van der Waals surface area contributed by atoms with E-state index in [2.05, 4.69) is 5.10 Å². The van der Waals surface area contributed by atoms with E-state index in [4.69, 9.17) is 14.2 Å². The molecule has 176 valence electrons. The molecule has 2 heterocycles. The smallest absolute Gasteiger partial charge is 0.344 e. The average Bonchev–Trinajstić information content (AvgIpc) is 3.52. The minimum atomic E-state index is -1.27. The minimum absolute atomic E-state index is 0.414. The monoisotopic (exact) mass is 486 g/mol. The van der Waals surface area contributed by atoms with Gasteiger partial charge in [0.15, 0.2) is 18.1 Å². The molecular weight excluding hydrogens is 466 g/mol. The van der Waals surface area contributed by atoms with E-state index in [0.717, 1.165) is 28.6 Å². The van der Waals surface area contributed by atoms with Gasteiger partial charge in [-0.1, -0.05) is 18.2 Å². The zero-order chi connectivity index (χ0) is 24.2. The van der Waals surface area contributed by atoms with Crippen LogP contribution in [0.15, 0.2) is 59.0 Å². The minimum Gasteiger partial charge on any atom is -0.493 e. The van der Waals surface area contributed by atoms with Crippen LogP contribution < -0.4 is 9.47 Å². The van der Waals surface area contributed by atoms with Crippen molar-refractivity contribution < 1.29 is 32.6 Å². The zero-order valence-corrected chi connectivity index (χ0v) is 19.1. The van der Waals surface area contributed by atoms with Gasteiger partial charge in [-0.2, -0.15) is 5.10 Å². The van der Waals surface area contributed by atoms with E-state index < -0.39 is 41.7 Å². The second kappa shape index (κ2) is 10.0. The highest BCUT2D eigenvalue weighted by atomic mass is 32.1. The molecular formula is C24H20F2N2O5S. The summed E-state index contributed by atoms with van der Waals surface area (Å²) in [6, 6.07) is 11.5. The van der Waals surface area contributed by atoms with Crippen LogP contribution >= 0.6 is 11.3 Å². The number of carbonyl (C=O) groups is 2. The lowest BCUT2D eigenvalue weighted by Gasteiger charge is -2.22. The standard InChI is InChI=1S/C24H20F2N2O5S/c1-31-19-9-8-14(11-20(19)32-2)18-12-17(21-7-4-10-34-21)27-28(18)22(29)13-33-24(30)23-15(25)5-3-6-16(23)26/h3-11,18H,12-13H2,1-2H3. The van der Waals surface area contributed by atoms with E-state index in [1.165, 1.54) is 30.6 Å². The van der Waals surface area contributed by atoms with Crippen molar-refractivity contribution in [1.29, 1.82) is 0 Å². The fourth-order valence-electron chi connectivity index (χ4n) is 3.61. The molecule has 4 rings (SSSR count). The average molecular weight is 486 g/mol. The Bertz CT molecular complexity index is 1230. The molecule has 0 bridgehead atoms. The van der Waals surface area contributed by atoms with Crippen molar-refractivity contribution >= 4 is 28.9 Å². The number of carbonyl (C=O) groups excluding carboxylic acids is 2. The highest BCUT2D eigenvalue weighted by Gasteiger charge is 2.34. The number of thiophene rings is 1. The largest absolute Gasteiger partial charge is 0.493 e. The number of methoxy groups -OCH3 is 2. The number of nitrogens with zero attached hydrogens (tertiary/aromatic N) is 2. The summed E-state index contributed by atoms with van der Waals surface area (Å²) in [5.41, 5.74) is 0.568. The Morgan fingerprint density at radius 3 is 2.44 bits per heavy atom. The van der Waals surface area contributed by atoms with E-state index in [0.29, 0.717) is 23.6 Å². The molecule has 0 radical (unpaired) electrons. The third-order valence-electron chi connectivity index (χ3n) is 5.26. The summed E-state index contributed by atoms with van der Waals surface area (Å²) < 4.78 is 43.3. The van der Waals surface area contributed by atoms with E-state index in [1.54, 1.807) is 18.2 Å². The van der Waals surface area contributed by atoms with Gasteiger partial charge in [-0.3, -0.25) is 4.79 Å². The lowest BCUT2D eigenvalue weighted by Crippen LogP contribution is -2.31. The normalized spacial score (nSPS) is 15.1. The first kappa shape index (κ1) is 23.4. The van der Waals surface area contributed by atoms with Crippen LogP contribution in [-0.2, 0) is 9.53 Å². The van der Waals surface area contributed by atoms with Gasteiger partial charge in [0.2, 0.25) is 0 Å². The lowest BCUT2D eigenvalue weighted by atomic mass is 10.0. The predicted octanol–water partition coefficient (Wildman–Crippen LogP) is 4.58. The number of ether oxygens (including phenoxy) is 3. The third kappa shape index (κ3) is 4.62. The zero-order valence-electron chi connectivity index (χ0n) is 18.3. The fraction of sp³-hybridized carbons (Fsp3) is 0.208. The molecule has 10 heteroatoms. The second-order valence-electron chi connectivity index (χ2n) is 7.27. The number of hydrogen-bond donors (Lipinski definition) is 0. The van der Waals surface area contributed by atoms with Crippen LogP contribution in [0.2, 0.25) is 0 Å². The molecule has 1 aromatic heterocycles. The maximum absolute atomic E-state index is 13.9. The molecule has 0 saturated heterocycles. The van der Waals surface area contributed by atoms with Crippen LogP contribution in [0.4, 0.5) is 8.78 Å². The van der Waals surface area contributed by atoms with Crippen LogP contribution in [0, 0.1) is 11.6 Å². The molecule has 1 unspecified atom stereocenters. The maximum Gasteiger partial charge on any atom is 0.344 e. The number of hydrogen-bond acceptors (Lipinski definition) is 7. The van der Waals surface area contributed by atoms with Crippen molar-refractivity contribution in [2.45, 2.75) is 12.5 Å². The molecule has 34 heavy (non-hydrogen) atoms. The van der Waals surface area contributed by atoms with Crippen molar-refractivity contribution in [1.82, 2.24) is 5.01 Å². The summed E-state index contributed by atoms with van der Waals surface area (Å²) in [4.78, 5) is 26.1. The van der Waals surface area contributed by atoms with E-state index in [-0.39, 0.29) is 0 Å². The number of rotatable bonds is 7. The van der Waals surface area contributed by atoms with Crippen LogP contribution in [0.3, 0.4) is 0 Å². The molecule has 7 nitrogen and oxygen atoms in total. The SMILES string of the molecule is COc1ccc(C2CC(c3cccs3)=NN2C(=O)COC(=O)c2c(F)cccc2F)cc1OC. The van der Waals surface area contributed by atoms with Crippen molar-refractivity contribution in [3.8, 4) is 11.5 Å². The van der Waals surface area contributed by atoms with Crippen molar-refractivity contribution in [2.75, 3.05) is 20.8 Å². The maximum atomic E-state index is 13.9. The first-order valence-corrected chi connectivity index (χ1v) is 11.1. The summed E-state index contributed by atoms with van der Waals surface area (Å²) >= 11 is 1.48. The Balaban J connectivity index is 1.58.